The van der Waals surface area contributed by atoms with Gasteiger partial charge in [-0.1, -0.05) is 30.7 Å². The number of nitrogens with one attached hydrogen (secondary N) is 1. The molecule has 1 aliphatic rings. The first-order chi connectivity index (χ1) is 14.0. The molecule has 0 atom stereocenters. The number of piperidine rings is 1. The second kappa shape index (κ2) is 8.42. The van der Waals surface area contributed by atoms with Gasteiger partial charge in [0.05, 0.1) is 11.9 Å². The van der Waals surface area contributed by atoms with Crippen molar-refractivity contribution >= 4 is 39.9 Å². The normalized spacial score (nSPS) is 14.9. The lowest BCUT2D eigenvalue weighted by molar-refractivity contribution is -0.115. The van der Waals surface area contributed by atoms with Crippen LogP contribution in [0.1, 0.15) is 30.9 Å². The van der Waals surface area contributed by atoms with E-state index in [1.807, 2.05) is 30.3 Å². The van der Waals surface area contributed by atoms with Crippen LogP contribution in [0, 0.1) is 12.8 Å². The molecule has 2 heterocycles. The number of nitrogens with zero attached hydrogens (tertiary/aromatic N) is 2. The van der Waals surface area contributed by atoms with Gasteiger partial charge in [0.2, 0.25) is 5.91 Å². The number of carbonyl (C=O) groups excluding carboxylic acids is 1. The molecule has 2 aromatic carbocycles. The van der Waals surface area contributed by atoms with Crippen LogP contribution in [-0.4, -0.2) is 24.0 Å². The molecule has 0 saturated carbocycles. The minimum absolute atomic E-state index is 0.0451. The summed E-state index contributed by atoms with van der Waals surface area (Å²) in [4.78, 5) is 19.7. The van der Waals surface area contributed by atoms with Crippen LogP contribution >= 0.6 is 11.6 Å². The van der Waals surface area contributed by atoms with Crippen LogP contribution in [0.3, 0.4) is 0 Å². The molecule has 5 heteroatoms. The van der Waals surface area contributed by atoms with E-state index >= 15 is 0 Å². The summed E-state index contributed by atoms with van der Waals surface area (Å²) in [5, 5.41) is 4.74. The average molecular weight is 408 g/mol. The number of amides is 1. The van der Waals surface area contributed by atoms with Crippen molar-refractivity contribution in [2.75, 3.05) is 23.3 Å². The van der Waals surface area contributed by atoms with Gasteiger partial charge in [0.15, 0.2) is 0 Å². The van der Waals surface area contributed by atoms with Gasteiger partial charge in [-0.25, -0.2) is 4.98 Å². The lowest BCUT2D eigenvalue weighted by atomic mass is 9.99. The van der Waals surface area contributed by atoms with Gasteiger partial charge in [0, 0.05) is 29.2 Å². The molecule has 0 aliphatic carbocycles. The number of rotatable bonds is 4. The molecule has 0 radical (unpaired) electrons. The van der Waals surface area contributed by atoms with E-state index in [2.05, 4.69) is 30.1 Å². The first-order valence-corrected chi connectivity index (χ1v) is 10.6. The standard InChI is InChI=1S/C24H26ClN3O/c1-16-9-11-28(12-10-16)23-13-17(2)21-15-20(7-8-22(21)27-23)26-24(29)14-18-3-5-19(25)6-4-18/h3-8,13,15-16H,9-12,14H2,1-2H3,(H,26,29). The van der Waals surface area contributed by atoms with Gasteiger partial charge >= 0.3 is 0 Å². The van der Waals surface area contributed by atoms with Crippen LogP contribution in [0.5, 0.6) is 0 Å². The molecule has 1 aliphatic heterocycles. The molecule has 4 nitrogen and oxygen atoms in total. The summed E-state index contributed by atoms with van der Waals surface area (Å²) in [6.45, 7) is 6.56. The van der Waals surface area contributed by atoms with Crippen LogP contribution in [0.4, 0.5) is 11.5 Å². The predicted octanol–water partition coefficient (Wildman–Crippen LogP) is 5.61. The lowest BCUT2D eigenvalue weighted by Crippen LogP contribution is -2.33. The van der Waals surface area contributed by atoms with Crippen molar-refractivity contribution < 1.29 is 4.79 Å². The monoisotopic (exact) mass is 407 g/mol. The molecule has 150 valence electrons. The summed E-state index contributed by atoms with van der Waals surface area (Å²) in [6.07, 6.45) is 2.76. The number of fused-ring (bicyclic) bond motifs is 1. The number of aryl methyl sites for hydroxylation is 1. The molecule has 1 aromatic heterocycles. The molecule has 1 fully saturated rings. The third-order valence-electron chi connectivity index (χ3n) is 5.67. The van der Waals surface area contributed by atoms with E-state index in [0.717, 1.165) is 47.0 Å². The maximum absolute atomic E-state index is 12.4. The number of pyridine rings is 1. The molecule has 0 spiro atoms. The van der Waals surface area contributed by atoms with Crippen molar-refractivity contribution in [3.8, 4) is 0 Å². The molecule has 0 bridgehead atoms. The first-order valence-electron chi connectivity index (χ1n) is 10.2. The highest BCUT2D eigenvalue weighted by atomic mass is 35.5. The van der Waals surface area contributed by atoms with Crippen LogP contribution in [-0.2, 0) is 11.2 Å². The Morgan fingerprint density at radius 3 is 2.59 bits per heavy atom. The van der Waals surface area contributed by atoms with E-state index < -0.39 is 0 Å². The van der Waals surface area contributed by atoms with Gasteiger partial charge in [-0.15, -0.1) is 0 Å². The Labute approximate surface area is 176 Å². The minimum Gasteiger partial charge on any atom is -0.357 e. The molecule has 1 N–H and O–H groups in total. The number of benzene rings is 2. The van der Waals surface area contributed by atoms with Gasteiger partial charge in [0.1, 0.15) is 5.82 Å². The molecule has 1 saturated heterocycles. The molecule has 4 rings (SSSR count). The zero-order chi connectivity index (χ0) is 20.4. The van der Waals surface area contributed by atoms with Gasteiger partial charge in [-0.05, 0) is 73.2 Å². The maximum Gasteiger partial charge on any atom is 0.228 e. The van der Waals surface area contributed by atoms with E-state index in [0.29, 0.717) is 11.4 Å². The second-order valence-corrected chi connectivity index (χ2v) is 8.49. The van der Waals surface area contributed by atoms with E-state index in [9.17, 15) is 4.79 Å². The fraction of sp³-hybridized carbons (Fsp3) is 0.333. The van der Waals surface area contributed by atoms with Crippen molar-refractivity contribution in [1.29, 1.82) is 0 Å². The topological polar surface area (TPSA) is 45.2 Å². The number of anilines is 2. The summed E-state index contributed by atoms with van der Waals surface area (Å²) in [5.41, 5.74) is 3.87. The van der Waals surface area contributed by atoms with Gasteiger partial charge < -0.3 is 10.2 Å². The highest BCUT2D eigenvalue weighted by molar-refractivity contribution is 6.30. The van der Waals surface area contributed by atoms with Gasteiger partial charge in [-0.3, -0.25) is 4.79 Å². The summed E-state index contributed by atoms with van der Waals surface area (Å²) in [7, 11) is 0. The van der Waals surface area contributed by atoms with Crippen molar-refractivity contribution in [1.82, 2.24) is 4.98 Å². The SMILES string of the molecule is Cc1cc(N2CCC(C)CC2)nc2ccc(NC(=O)Cc3ccc(Cl)cc3)cc12. The molecular weight excluding hydrogens is 382 g/mol. The van der Waals surface area contributed by atoms with Crippen LogP contribution in [0.25, 0.3) is 10.9 Å². The summed E-state index contributed by atoms with van der Waals surface area (Å²) >= 11 is 5.91. The molecule has 0 unspecified atom stereocenters. The predicted molar refractivity (Wildman–Crippen MR) is 121 cm³/mol. The van der Waals surface area contributed by atoms with Crippen LogP contribution in [0.15, 0.2) is 48.5 Å². The molecule has 1 amide bonds. The van der Waals surface area contributed by atoms with Crippen LogP contribution in [0.2, 0.25) is 5.02 Å². The van der Waals surface area contributed by atoms with E-state index in [1.54, 1.807) is 12.1 Å². The Kier molecular flexibility index (Phi) is 5.72. The largest absolute Gasteiger partial charge is 0.357 e. The van der Waals surface area contributed by atoms with Crippen molar-refractivity contribution in [2.45, 2.75) is 33.1 Å². The van der Waals surface area contributed by atoms with E-state index in [1.165, 1.54) is 18.4 Å². The summed E-state index contributed by atoms with van der Waals surface area (Å²) in [5.74, 6) is 1.81. The number of halogens is 1. The quantitative estimate of drug-likeness (QED) is 0.611. The fourth-order valence-electron chi connectivity index (χ4n) is 3.85. The Balaban J connectivity index is 1.50. The first kappa shape index (κ1) is 19.7. The summed E-state index contributed by atoms with van der Waals surface area (Å²) in [6, 6.07) is 15.5. The highest BCUT2D eigenvalue weighted by Crippen LogP contribution is 2.28. The third-order valence-corrected chi connectivity index (χ3v) is 5.92. The zero-order valence-corrected chi connectivity index (χ0v) is 17.7. The Bertz CT molecular complexity index is 1020. The third kappa shape index (κ3) is 4.70. The number of aromatic nitrogens is 1. The highest BCUT2D eigenvalue weighted by Gasteiger charge is 2.18. The Morgan fingerprint density at radius 2 is 1.86 bits per heavy atom. The number of hydrogen-bond donors (Lipinski definition) is 1. The van der Waals surface area contributed by atoms with Crippen molar-refractivity contribution in [3.63, 3.8) is 0 Å². The van der Waals surface area contributed by atoms with Crippen molar-refractivity contribution in [2.24, 2.45) is 5.92 Å². The van der Waals surface area contributed by atoms with E-state index in [-0.39, 0.29) is 5.91 Å². The van der Waals surface area contributed by atoms with Gasteiger partial charge in [0.25, 0.3) is 0 Å². The minimum atomic E-state index is -0.0451. The van der Waals surface area contributed by atoms with Crippen molar-refractivity contribution in [3.05, 3.63) is 64.7 Å². The number of hydrogen-bond acceptors (Lipinski definition) is 3. The van der Waals surface area contributed by atoms with E-state index in [4.69, 9.17) is 16.6 Å². The van der Waals surface area contributed by atoms with Crippen LogP contribution < -0.4 is 10.2 Å². The van der Waals surface area contributed by atoms with Gasteiger partial charge in [-0.2, -0.15) is 0 Å². The zero-order valence-electron chi connectivity index (χ0n) is 16.9. The Morgan fingerprint density at radius 1 is 1.14 bits per heavy atom. The fourth-order valence-corrected chi connectivity index (χ4v) is 3.97. The average Bonchev–Trinajstić information content (AvgIpc) is 2.70. The Hall–Kier alpha value is -2.59. The smallest absolute Gasteiger partial charge is 0.228 e. The molecule has 29 heavy (non-hydrogen) atoms. The lowest BCUT2D eigenvalue weighted by Gasteiger charge is -2.31. The second-order valence-electron chi connectivity index (χ2n) is 8.05. The maximum atomic E-state index is 12.4. The molecule has 3 aromatic rings. The summed E-state index contributed by atoms with van der Waals surface area (Å²) < 4.78 is 0. The molecular formula is C24H26ClN3O. The number of carbonyl (C=O) groups is 1.